The summed E-state index contributed by atoms with van der Waals surface area (Å²) in [5.74, 6) is 1.99. The van der Waals surface area contributed by atoms with Crippen LogP contribution in [0.3, 0.4) is 0 Å². The fourth-order valence-corrected chi connectivity index (χ4v) is 5.02. The van der Waals surface area contributed by atoms with Crippen LogP contribution in [0.15, 0.2) is 27.6 Å². The first-order valence-electron chi connectivity index (χ1n) is 7.49. The molecule has 1 aromatic rings. The molecule has 0 saturated heterocycles. The molecule has 4 nitrogen and oxygen atoms in total. The molecule has 0 unspecified atom stereocenters. The molecular formula is C15H21BrN2O2S. The minimum absolute atomic E-state index is 0.288. The number of benzene rings is 1. The molecule has 3 N–H and O–H groups in total. The summed E-state index contributed by atoms with van der Waals surface area (Å²) >= 11 is 3.33. The molecule has 0 atom stereocenters. The van der Waals surface area contributed by atoms with Crippen molar-refractivity contribution in [1.82, 2.24) is 4.72 Å². The molecule has 0 aliphatic heterocycles. The van der Waals surface area contributed by atoms with Crippen LogP contribution in [0, 0.1) is 17.8 Å². The number of nitrogens with two attached hydrogens (primary N) is 1. The van der Waals surface area contributed by atoms with E-state index in [0.717, 1.165) is 17.4 Å². The number of nitrogens with one attached hydrogen (secondary N) is 1. The van der Waals surface area contributed by atoms with Gasteiger partial charge < -0.3 is 5.73 Å². The van der Waals surface area contributed by atoms with E-state index in [-0.39, 0.29) is 4.90 Å². The van der Waals surface area contributed by atoms with Gasteiger partial charge in [0, 0.05) is 17.6 Å². The lowest BCUT2D eigenvalue weighted by Gasteiger charge is -2.17. The molecule has 0 bridgehead atoms. The summed E-state index contributed by atoms with van der Waals surface area (Å²) in [6.45, 7) is 0.902. The Bertz CT molecular complexity index is 613. The third kappa shape index (κ3) is 3.67. The summed E-state index contributed by atoms with van der Waals surface area (Å²) in [6.07, 6.45) is 5.04. The van der Waals surface area contributed by atoms with E-state index >= 15 is 0 Å². The van der Waals surface area contributed by atoms with Gasteiger partial charge in [-0.2, -0.15) is 0 Å². The van der Waals surface area contributed by atoms with E-state index in [1.54, 1.807) is 12.1 Å². The van der Waals surface area contributed by atoms with Gasteiger partial charge >= 0.3 is 0 Å². The molecule has 0 heterocycles. The number of rotatable bonds is 7. The van der Waals surface area contributed by atoms with Gasteiger partial charge in [0.05, 0.1) is 4.90 Å². The van der Waals surface area contributed by atoms with Gasteiger partial charge in [-0.25, -0.2) is 13.1 Å². The second kappa shape index (κ2) is 5.99. The van der Waals surface area contributed by atoms with Crippen LogP contribution in [0.1, 0.15) is 31.2 Å². The molecule has 2 fully saturated rings. The third-order valence-electron chi connectivity index (χ3n) is 4.48. The van der Waals surface area contributed by atoms with Crippen molar-refractivity contribution in [1.29, 1.82) is 0 Å². The summed E-state index contributed by atoms with van der Waals surface area (Å²) in [6, 6.07) is 5.23. The smallest absolute Gasteiger partial charge is 0.241 e. The number of sulfonamides is 1. The topological polar surface area (TPSA) is 72.2 Å². The fourth-order valence-electron chi connectivity index (χ4n) is 2.93. The van der Waals surface area contributed by atoms with Crippen molar-refractivity contribution in [3.63, 3.8) is 0 Å². The number of hydrogen-bond acceptors (Lipinski definition) is 3. The molecule has 0 amide bonds. The predicted molar refractivity (Wildman–Crippen MR) is 86.2 cm³/mol. The lowest BCUT2D eigenvalue weighted by atomic mass is 9.99. The van der Waals surface area contributed by atoms with E-state index in [1.807, 2.05) is 6.07 Å². The zero-order chi connectivity index (χ0) is 15.0. The van der Waals surface area contributed by atoms with Crippen molar-refractivity contribution in [3.05, 3.63) is 28.2 Å². The summed E-state index contributed by atoms with van der Waals surface area (Å²) in [5, 5.41) is 0. The van der Waals surface area contributed by atoms with Gasteiger partial charge in [-0.15, -0.1) is 0 Å². The Kier molecular flexibility index (Phi) is 4.41. The van der Waals surface area contributed by atoms with Crippen LogP contribution in [-0.4, -0.2) is 15.0 Å². The Morgan fingerprint density at radius 2 is 1.86 bits per heavy atom. The largest absolute Gasteiger partial charge is 0.326 e. The zero-order valence-corrected chi connectivity index (χ0v) is 14.3. The van der Waals surface area contributed by atoms with Crippen LogP contribution in [0.4, 0.5) is 0 Å². The lowest BCUT2D eigenvalue weighted by Crippen LogP contribution is -2.31. The lowest BCUT2D eigenvalue weighted by molar-refractivity contribution is 0.401. The maximum atomic E-state index is 12.5. The van der Waals surface area contributed by atoms with Crippen LogP contribution in [0.2, 0.25) is 0 Å². The normalized spacial score (nSPS) is 19.2. The summed E-state index contributed by atoms with van der Waals surface area (Å²) < 4.78 is 28.5. The fraction of sp³-hybridized carbons (Fsp3) is 0.600. The molecule has 1 aromatic carbocycles. The monoisotopic (exact) mass is 372 g/mol. The SMILES string of the molecule is NCc1ccc(Br)c(S(=O)(=O)NCC(C2CC2)C2CC2)c1. The first kappa shape index (κ1) is 15.5. The van der Waals surface area contributed by atoms with Crippen LogP contribution in [0.25, 0.3) is 0 Å². The van der Waals surface area contributed by atoms with Crippen molar-refractivity contribution in [2.75, 3.05) is 6.54 Å². The van der Waals surface area contributed by atoms with E-state index in [0.29, 0.717) is 23.5 Å². The minimum atomic E-state index is -3.48. The molecule has 0 radical (unpaired) electrons. The van der Waals surface area contributed by atoms with Gasteiger partial charge in [0.25, 0.3) is 0 Å². The van der Waals surface area contributed by atoms with Gasteiger partial charge in [0.2, 0.25) is 10.0 Å². The molecule has 21 heavy (non-hydrogen) atoms. The minimum Gasteiger partial charge on any atom is -0.326 e. The average molecular weight is 373 g/mol. The van der Waals surface area contributed by atoms with E-state index in [2.05, 4.69) is 20.7 Å². The van der Waals surface area contributed by atoms with Crippen molar-refractivity contribution < 1.29 is 8.42 Å². The van der Waals surface area contributed by atoms with E-state index < -0.39 is 10.0 Å². The average Bonchev–Trinajstić information content (AvgIpc) is 3.33. The Morgan fingerprint density at radius 3 is 2.38 bits per heavy atom. The second-order valence-corrected chi connectivity index (χ2v) is 8.75. The molecular weight excluding hydrogens is 352 g/mol. The summed E-state index contributed by atoms with van der Waals surface area (Å²) in [7, 11) is -3.48. The van der Waals surface area contributed by atoms with Gasteiger partial charge in [0.1, 0.15) is 0 Å². The Morgan fingerprint density at radius 1 is 1.24 bits per heavy atom. The van der Waals surface area contributed by atoms with Crippen molar-refractivity contribution in [3.8, 4) is 0 Å². The summed E-state index contributed by atoms with van der Waals surface area (Å²) in [5.41, 5.74) is 6.42. The molecule has 2 aliphatic rings. The van der Waals surface area contributed by atoms with Crippen LogP contribution in [0.5, 0.6) is 0 Å². The number of hydrogen-bond donors (Lipinski definition) is 2. The van der Waals surface area contributed by atoms with Gasteiger partial charge in [-0.1, -0.05) is 6.07 Å². The molecule has 3 rings (SSSR count). The van der Waals surface area contributed by atoms with Gasteiger partial charge in [-0.3, -0.25) is 0 Å². The Balaban J connectivity index is 1.73. The van der Waals surface area contributed by atoms with Crippen molar-refractivity contribution in [2.24, 2.45) is 23.5 Å². The van der Waals surface area contributed by atoms with Crippen molar-refractivity contribution in [2.45, 2.75) is 37.1 Å². The third-order valence-corrected chi connectivity index (χ3v) is 6.90. The molecule has 2 saturated carbocycles. The molecule has 0 aromatic heterocycles. The second-order valence-electron chi connectivity index (χ2n) is 6.16. The molecule has 6 heteroatoms. The first-order chi connectivity index (χ1) is 10.0. The summed E-state index contributed by atoms with van der Waals surface area (Å²) in [4.78, 5) is 0.288. The van der Waals surface area contributed by atoms with E-state index in [1.165, 1.54) is 25.7 Å². The molecule has 2 aliphatic carbocycles. The van der Waals surface area contributed by atoms with Crippen LogP contribution < -0.4 is 10.5 Å². The highest BCUT2D eigenvalue weighted by atomic mass is 79.9. The Labute approximate surface area is 134 Å². The highest BCUT2D eigenvalue weighted by Gasteiger charge is 2.41. The number of halogens is 1. The zero-order valence-electron chi connectivity index (χ0n) is 11.9. The van der Waals surface area contributed by atoms with Crippen molar-refractivity contribution >= 4 is 26.0 Å². The van der Waals surface area contributed by atoms with Crippen LogP contribution >= 0.6 is 15.9 Å². The standard InChI is InChI=1S/C15H21BrN2O2S/c16-14-6-1-10(8-17)7-15(14)21(19,20)18-9-13(11-2-3-11)12-4-5-12/h1,6-7,11-13,18H,2-5,8-9,17H2. The maximum absolute atomic E-state index is 12.5. The van der Waals surface area contributed by atoms with E-state index in [9.17, 15) is 8.42 Å². The molecule has 116 valence electrons. The van der Waals surface area contributed by atoms with Crippen LogP contribution in [-0.2, 0) is 16.6 Å². The highest BCUT2D eigenvalue weighted by molar-refractivity contribution is 9.10. The molecule has 0 spiro atoms. The highest BCUT2D eigenvalue weighted by Crippen LogP contribution is 2.48. The first-order valence-corrected chi connectivity index (χ1v) is 9.77. The predicted octanol–water partition coefficient (Wildman–Crippen LogP) is 2.62. The van der Waals surface area contributed by atoms with E-state index in [4.69, 9.17) is 5.73 Å². The quantitative estimate of drug-likeness (QED) is 0.772. The van der Waals surface area contributed by atoms with Gasteiger partial charge in [-0.05, 0) is 77.1 Å². The van der Waals surface area contributed by atoms with Gasteiger partial charge in [0.15, 0.2) is 0 Å². The Hall–Kier alpha value is -0.430. The maximum Gasteiger partial charge on any atom is 0.241 e.